The molecule has 0 heterocycles. The van der Waals surface area contributed by atoms with Crippen molar-refractivity contribution in [2.75, 3.05) is 32.1 Å². The summed E-state index contributed by atoms with van der Waals surface area (Å²) in [7, 11) is -3.91. The third-order valence-corrected chi connectivity index (χ3v) is 7.29. The second-order valence-electron chi connectivity index (χ2n) is 9.67. The Morgan fingerprint density at radius 1 is 1.11 bits per heavy atom. The monoisotopic (exact) mass is 539 g/mol. The summed E-state index contributed by atoms with van der Waals surface area (Å²) in [5, 5.41) is 3.31. The Morgan fingerprint density at radius 3 is 2.46 bits per heavy atom. The lowest BCUT2D eigenvalue weighted by molar-refractivity contribution is -0.172. The Bertz CT molecular complexity index is 1000. The Balaban J connectivity index is 1.95. The van der Waals surface area contributed by atoms with Crippen molar-refractivity contribution in [3.05, 3.63) is 46.3 Å². The quantitative estimate of drug-likeness (QED) is 0.0752. The van der Waals surface area contributed by atoms with Crippen LogP contribution in [-0.2, 0) is 44.7 Å². The summed E-state index contributed by atoms with van der Waals surface area (Å²) in [5.41, 5.74) is 8.05. The Hall–Kier alpha value is -2.66. The molecule has 0 radical (unpaired) electrons. The maximum Gasteiger partial charge on any atom is 0.336 e. The first-order valence-corrected chi connectivity index (χ1v) is 14.1. The van der Waals surface area contributed by atoms with Crippen molar-refractivity contribution in [1.29, 1.82) is 0 Å². The fourth-order valence-corrected chi connectivity index (χ4v) is 5.00. The maximum atomic E-state index is 13.0. The van der Waals surface area contributed by atoms with E-state index < -0.39 is 27.6 Å². The molecule has 1 atom stereocenters. The van der Waals surface area contributed by atoms with E-state index in [1.165, 1.54) is 0 Å². The van der Waals surface area contributed by atoms with Crippen LogP contribution in [0.4, 0.5) is 0 Å². The van der Waals surface area contributed by atoms with Crippen LogP contribution in [0, 0.1) is 11.3 Å². The number of carbonyl (C=O) groups excluding carboxylic acids is 2. The molecule has 37 heavy (non-hydrogen) atoms. The number of rotatable bonds is 16. The molecule has 0 amide bonds. The molecule has 2 rings (SSSR count). The standard InChI is InChI=1S/C25H37N3O8S/c1-25(2,19-36-37(31,32)17-9-14-27-28-26)22(35-18-20-10-5-3-6-11-20)24(30)34-16-15-33-23(29)21-12-7-4-8-13-21/h3,5-6,10-11,21-22H,4,7-9,12-19H2,1-2H3/t22-/m0/s1. The highest BCUT2D eigenvalue weighted by Crippen LogP contribution is 2.28. The topological polar surface area (TPSA) is 154 Å². The van der Waals surface area contributed by atoms with Gasteiger partial charge in [0, 0.05) is 16.9 Å². The maximum absolute atomic E-state index is 13.0. The zero-order valence-electron chi connectivity index (χ0n) is 21.5. The second-order valence-corrected chi connectivity index (χ2v) is 11.4. The van der Waals surface area contributed by atoms with E-state index in [1.54, 1.807) is 13.8 Å². The molecule has 12 heteroatoms. The zero-order chi connectivity index (χ0) is 27.2. The van der Waals surface area contributed by atoms with Crippen molar-refractivity contribution >= 4 is 22.1 Å². The van der Waals surface area contributed by atoms with Gasteiger partial charge >= 0.3 is 11.9 Å². The van der Waals surface area contributed by atoms with Crippen molar-refractivity contribution in [3.8, 4) is 0 Å². The number of hydrogen-bond donors (Lipinski definition) is 0. The number of azide groups is 1. The summed E-state index contributed by atoms with van der Waals surface area (Å²) in [6.45, 7) is 2.87. The van der Waals surface area contributed by atoms with Gasteiger partial charge in [0.15, 0.2) is 6.10 Å². The van der Waals surface area contributed by atoms with Crippen LogP contribution in [0.15, 0.2) is 35.4 Å². The lowest BCUT2D eigenvalue weighted by Gasteiger charge is -2.32. The molecule has 1 saturated carbocycles. The van der Waals surface area contributed by atoms with Crippen molar-refractivity contribution in [1.82, 2.24) is 0 Å². The molecule has 1 fully saturated rings. The number of hydrogen-bond acceptors (Lipinski definition) is 9. The third-order valence-electron chi connectivity index (χ3n) is 6.02. The van der Waals surface area contributed by atoms with Gasteiger partial charge in [0.05, 0.1) is 24.9 Å². The van der Waals surface area contributed by atoms with Gasteiger partial charge in [-0.1, -0.05) is 68.6 Å². The van der Waals surface area contributed by atoms with Crippen LogP contribution in [0.25, 0.3) is 10.4 Å². The molecule has 0 aromatic heterocycles. The largest absolute Gasteiger partial charge is 0.462 e. The minimum Gasteiger partial charge on any atom is -0.462 e. The first-order chi connectivity index (χ1) is 17.6. The zero-order valence-corrected chi connectivity index (χ0v) is 22.4. The molecule has 0 saturated heterocycles. The van der Waals surface area contributed by atoms with Gasteiger partial charge in [0.25, 0.3) is 10.1 Å². The molecule has 0 aliphatic heterocycles. The van der Waals surface area contributed by atoms with Crippen LogP contribution in [0.5, 0.6) is 0 Å². The molecule has 1 aromatic carbocycles. The van der Waals surface area contributed by atoms with Crippen molar-refractivity contribution in [3.63, 3.8) is 0 Å². The van der Waals surface area contributed by atoms with Crippen LogP contribution in [0.3, 0.4) is 0 Å². The smallest absolute Gasteiger partial charge is 0.336 e. The van der Waals surface area contributed by atoms with E-state index in [0.717, 1.165) is 37.7 Å². The van der Waals surface area contributed by atoms with Gasteiger partial charge in [-0.3, -0.25) is 8.98 Å². The van der Waals surface area contributed by atoms with E-state index in [0.29, 0.717) is 0 Å². The molecule has 0 N–H and O–H groups in total. The van der Waals surface area contributed by atoms with Gasteiger partial charge in [-0.15, -0.1) is 0 Å². The number of nitrogens with zero attached hydrogens (tertiary/aromatic N) is 3. The fraction of sp³-hybridized carbons (Fsp3) is 0.680. The molecule has 0 unspecified atom stereocenters. The summed E-state index contributed by atoms with van der Waals surface area (Å²) < 4.78 is 46.2. The van der Waals surface area contributed by atoms with Gasteiger partial charge in [-0.2, -0.15) is 8.42 Å². The van der Waals surface area contributed by atoms with E-state index in [1.807, 2.05) is 30.3 Å². The first kappa shape index (κ1) is 30.6. The summed E-state index contributed by atoms with van der Waals surface area (Å²) >= 11 is 0. The molecular formula is C25H37N3O8S. The van der Waals surface area contributed by atoms with Gasteiger partial charge in [0.1, 0.15) is 13.2 Å². The van der Waals surface area contributed by atoms with Crippen LogP contribution in [0.1, 0.15) is 57.9 Å². The van der Waals surface area contributed by atoms with Crippen LogP contribution in [0.2, 0.25) is 0 Å². The highest BCUT2D eigenvalue weighted by Gasteiger charge is 2.39. The minimum absolute atomic E-state index is 0.0307. The SMILES string of the molecule is CC(C)(COS(=O)(=O)CCCN=[N+]=[N-])[C@@H](OCc1ccccc1)C(=O)OCCOC(=O)C1CCCCC1. The highest BCUT2D eigenvalue weighted by atomic mass is 32.2. The van der Waals surface area contributed by atoms with Crippen molar-refractivity contribution in [2.45, 2.75) is 65.1 Å². The average Bonchev–Trinajstić information content (AvgIpc) is 2.89. The summed E-state index contributed by atoms with van der Waals surface area (Å²) in [6, 6.07) is 9.21. The predicted octanol–water partition coefficient (Wildman–Crippen LogP) is 4.31. The second kappa shape index (κ2) is 15.6. The minimum atomic E-state index is -3.91. The molecule has 0 spiro atoms. The number of carbonyl (C=O) groups is 2. The number of esters is 2. The Kier molecular flexibility index (Phi) is 12.9. The predicted molar refractivity (Wildman–Crippen MR) is 136 cm³/mol. The van der Waals surface area contributed by atoms with Crippen LogP contribution >= 0.6 is 0 Å². The molecule has 206 valence electrons. The summed E-state index contributed by atoms with van der Waals surface area (Å²) in [6.07, 6.45) is 3.74. The molecule has 1 aromatic rings. The summed E-state index contributed by atoms with van der Waals surface area (Å²) in [4.78, 5) is 27.8. The van der Waals surface area contributed by atoms with Crippen molar-refractivity contribution in [2.24, 2.45) is 16.4 Å². The average molecular weight is 540 g/mol. The number of benzene rings is 1. The Morgan fingerprint density at radius 2 is 1.78 bits per heavy atom. The molecule has 11 nitrogen and oxygen atoms in total. The van der Waals surface area contributed by atoms with E-state index in [-0.39, 0.29) is 57.0 Å². The fourth-order valence-electron chi connectivity index (χ4n) is 3.92. The molecular weight excluding hydrogens is 502 g/mol. The first-order valence-electron chi connectivity index (χ1n) is 12.5. The van der Waals surface area contributed by atoms with E-state index in [4.69, 9.17) is 23.9 Å². The lowest BCUT2D eigenvalue weighted by atomic mass is 9.87. The number of ether oxygens (including phenoxy) is 3. The summed E-state index contributed by atoms with van der Waals surface area (Å²) in [5.74, 6) is -1.41. The van der Waals surface area contributed by atoms with Crippen LogP contribution < -0.4 is 0 Å². The highest BCUT2D eigenvalue weighted by molar-refractivity contribution is 7.86. The third kappa shape index (κ3) is 11.5. The van der Waals surface area contributed by atoms with E-state index in [2.05, 4.69) is 10.0 Å². The van der Waals surface area contributed by atoms with E-state index >= 15 is 0 Å². The van der Waals surface area contributed by atoms with Gasteiger partial charge in [-0.05, 0) is 30.4 Å². The van der Waals surface area contributed by atoms with Crippen LogP contribution in [-0.4, -0.2) is 58.6 Å². The normalized spacial score (nSPS) is 15.4. The lowest BCUT2D eigenvalue weighted by Crippen LogP contribution is -2.44. The molecule has 1 aliphatic carbocycles. The molecule has 0 bridgehead atoms. The van der Waals surface area contributed by atoms with Gasteiger partial charge < -0.3 is 14.2 Å². The van der Waals surface area contributed by atoms with E-state index in [9.17, 15) is 18.0 Å². The Labute approximate surface area is 218 Å². The molecule has 1 aliphatic rings. The van der Waals surface area contributed by atoms with Gasteiger partial charge in [0.2, 0.25) is 0 Å². The van der Waals surface area contributed by atoms with Gasteiger partial charge in [-0.25, -0.2) is 4.79 Å². The van der Waals surface area contributed by atoms with Crippen molar-refractivity contribution < 1.29 is 36.4 Å².